The summed E-state index contributed by atoms with van der Waals surface area (Å²) in [6.45, 7) is 3.69. The normalized spacial score (nSPS) is 12.5. The lowest BCUT2D eigenvalue weighted by atomic mass is 10.0. The SMILES string of the molecule is CC(C)[C@@H](CO)Nc1ccc(C(=O)O)cc1F. The second kappa shape index (κ2) is 5.63. The van der Waals surface area contributed by atoms with Crippen molar-refractivity contribution in [2.45, 2.75) is 19.9 Å². The van der Waals surface area contributed by atoms with Crippen molar-refractivity contribution in [1.29, 1.82) is 0 Å². The monoisotopic (exact) mass is 241 g/mol. The van der Waals surface area contributed by atoms with Crippen molar-refractivity contribution in [2.24, 2.45) is 5.92 Å². The lowest BCUT2D eigenvalue weighted by Crippen LogP contribution is -2.29. The molecule has 0 radical (unpaired) electrons. The highest BCUT2D eigenvalue weighted by Crippen LogP contribution is 2.18. The van der Waals surface area contributed by atoms with Crippen LogP contribution < -0.4 is 5.32 Å². The fourth-order valence-corrected chi connectivity index (χ4v) is 1.39. The second-order valence-electron chi connectivity index (χ2n) is 4.18. The number of benzene rings is 1. The third-order valence-electron chi connectivity index (χ3n) is 2.56. The number of rotatable bonds is 5. The molecule has 0 amide bonds. The molecule has 0 unspecified atom stereocenters. The number of hydrogen-bond donors (Lipinski definition) is 3. The van der Waals surface area contributed by atoms with Gasteiger partial charge in [0.25, 0.3) is 0 Å². The van der Waals surface area contributed by atoms with Crippen LogP contribution in [0.25, 0.3) is 0 Å². The molecule has 0 aliphatic rings. The Labute approximate surface area is 99.1 Å². The average Bonchev–Trinajstić information content (AvgIpc) is 2.26. The maximum absolute atomic E-state index is 13.6. The van der Waals surface area contributed by atoms with E-state index in [0.29, 0.717) is 0 Å². The molecule has 0 aliphatic heterocycles. The van der Waals surface area contributed by atoms with E-state index in [-0.39, 0.29) is 29.8 Å². The molecule has 1 aromatic rings. The third kappa shape index (κ3) is 3.42. The van der Waals surface area contributed by atoms with E-state index >= 15 is 0 Å². The lowest BCUT2D eigenvalue weighted by molar-refractivity contribution is 0.0696. The molecule has 0 fully saturated rings. The van der Waals surface area contributed by atoms with Gasteiger partial charge in [0.1, 0.15) is 5.82 Å². The number of carboxylic acids is 1. The summed E-state index contributed by atoms with van der Waals surface area (Å²) in [6, 6.07) is 3.38. The smallest absolute Gasteiger partial charge is 0.335 e. The Hall–Kier alpha value is -1.62. The second-order valence-corrected chi connectivity index (χ2v) is 4.18. The molecular formula is C12H16FNO3. The minimum absolute atomic E-state index is 0.0989. The van der Waals surface area contributed by atoms with Crippen LogP contribution in [0.15, 0.2) is 18.2 Å². The Morgan fingerprint density at radius 3 is 2.53 bits per heavy atom. The van der Waals surface area contributed by atoms with Gasteiger partial charge in [0, 0.05) is 0 Å². The van der Waals surface area contributed by atoms with Crippen LogP contribution in [0, 0.1) is 11.7 Å². The summed E-state index contributed by atoms with van der Waals surface area (Å²) in [5.41, 5.74) is 0.0981. The number of aliphatic hydroxyl groups is 1. The number of nitrogens with one attached hydrogen (secondary N) is 1. The largest absolute Gasteiger partial charge is 0.478 e. The highest BCUT2D eigenvalue weighted by Gasteiger charge is 2.15. The van der Waals surface area contributed by atoms with Gasteiger partial charge in [0.2, 0.25) is 0 Å². The summed E-state index contributed by atoms with van der Waals surface area (Å²) in [7, 11) is 0. The molecule has 0 heterocycles. The minimum Gasteiger partial charge on any atom is -0.478 e. The predicted octanol–water partition coefficient (Wildman–Crippen LogP) is 1.95. The van der Waals surface area contributed by atoms with Crippen LogP contribution in [0.2, 0.25) is 0 Å². The van der Waals surface area contributed by atoms with Crippen molar-refractivity contribution in [1.82, 2.24) is 0 Å². The van der Waals surface area contributed by atoms with Crippen LogP contribution in [0.3, 0.4) is 0 Å². The zero-order valence-electron chi connectivity index (χ0n) is 9.77. The van der Waals surface area contributed by atoms with Gasteiger partial charge in [-0.3, -0.25) is 0 Å². The first-order valence-electron chi connectivity index (χ1n) is 5.36. The number of aromatic carboxylic acids is 1. The van der Waals surface area contributed by atoms with Gasteiger partial charge in [-0.15, -0.1) is 0 Å². The molecule has 0 aromatic heterocycles. The first-order chi connectivity index (χ1) is 7.95. The maximum Gasteiger partial charge on any atom is 0.335 e. The summed E-state index contributed by atoms with van der Waals surface area (Å²) in [4.78, 5) is 10.6. The molecule has 0 saturated carbocycles. The highest BCUT2D eigenvalue weighted by molar-refractivity contribution is 5.88. The van der Waals surface area contributed by atoms with E-state index in [9.17, 15) is 9.18 Å². The predicted molar refractivity (Wildman–Crippen MR) is 62.7 cm³/mol. The number of carbonyl (C=O) groups is 1. The molecule has 0 bridgehead atoms. The van der Waals surface area contributed by atoms with Crippen LogP contribution in [0.5, 0.6) is 0 Å². The van der Waals surface area contributed by atoms with Crippen LogP contribution >= 0.6 is 0 Å². The number of hydrogen-bond acceptors (Lipinski definition) is 3. The highest BCUT2D eigenvalue weighted by atomic mass is 19.1. The van der Waals surface area contributed by atoms with E-state index in [0.717, 1.165) is 6.07 Å². The van der Waals surface area contributed by atoms with E-state index in [1.54, 1.807) is 0 Å². The van der Waals surface area contributed by atoms with Crippen molar-refractivity contribution in [3.63, 3.8) is 0 Å². The molecule has 1 rings (SSSR count). The molecule has 0 aliphatic carbocycles. The summed E-state index contributed by atoms with van der Waals surface area (Å²) in [5, 5.41) is 20.6. The van der Waals surface area contributed by atoms with Crippen molar-refractivity contribution >= 4 is 11.7 Å². The summed E-state index contributed by atoms with van der Waals surface area (Å²) >= 11 is 0. The van der Waals surface area contributed by atoms with Crippen molar-refractivity contribution in [3.8, 4) is 0 Å². The van der Waals surface area contributed by atoms with E-state index < -0.39 is 11.8 Å². The molecule has 4 nitrogen and oxygen atoms in total. The Kier molecular flexibility index (Phi) is 4.45. The first kappa shape index (κ1) is 13.4. The third-order valence-corrected chi connectivity index (χ3v) is 2.56. The maximum atomic E-state index is 13.6. The number of carboxylic acid groups (broad SMARTS) is 1. The summed E-state index contributed by atoms with van der Waals surface area (Å²) < 4.78 is 13.6. The molecule has 1 aromatic carbocycles. The van der Waals surface area contributed by atoms with Crippen LogP contribution in [0.1, 0.15) is 24.2 Å². The van der Waals surface area contributed by atoms with Crippen LogP contribution in [-0.2, 0) is 0 Å². The molecule has 3 N–H and O–H groups in total. The van der Waals surface area contributed by atoms with Crippen LogP contribution in [-0.4, -0.2) is 28.8 Å². The summed E-state index contributed by atoms with van der Waals surface area (Å²) in [6.07, 6.45) is 0. The molecule has 0 saturated heterocycles. The molecule has 1 atom stereocenters. The van der Waals surface area contributed by atoms with Gasteiger partial charge >= 0.3 is 5.97 Å². The molecule has 5 heteroatoms. The van der Waals surface area contributed by atoms with Gasteiger partial charge in [0.15, 0.2) is 0 Å². The topological polar surface area (TPSA) is 69.6 Å². The van der Waals surface area contributed by atoms with Crippen molar-refractivity contribution in [2.75, 3.05) is 11.9 Å². The Balaban J connectivity index is 2.89. The fraction of sp³-hybridized carbons (Fsp3) is 0.417. The quantitative estimate of drug-likeness (QED) is 0.737. The van der Waals surface area contributed by atoms with Gasteiger partial charge in [-0.25, -0.2) is 9.18 Å². The molecule has 0 spiro atoms. The Bertz CT molecular complexity index is 407. The Morgan fingerprint density at radius 2 is 2.12 bits per heavy atom. The van der Waals surface area contributed by atoms with Crippen LogP contribution in [0.4, 0.5) is 10.1 Å². The molecule has 94 valence electrons. The average molecular weight is 241 g/mol. The van der Waals surface area contributed by atoms with E-state index in [1.807, 2.05) is 13.8 Å². The molecule has 17 heavy (non-hydrogen) atoms. The zero-order chi connectivity index (χ0) is 13.0. The molecular weight excluding hydrogens is 225 g/mol. The zero-order valence-corrected chi connectivity index (χ0v) is 9.77. The standard InChI is InChI=1S/C12H16FNO3/c1-7(2)11(6-15)14-10-4-3-8(12(16)17)5-9(10)13/h3-5,7,11,14-15H,6H2,1-2H3,(H,16,17)/t11-/m1/s1. The Morgan fingerprint density at radius 1 is 1.47 bits per heavy atom. The van der Waals surface area contributed by atoms with Gasteiger partial charge in [-0.1, -0.05) is 13.8 Å². The summed E-state index contributed by atoms with van der Waals surface area (Å²) in [5.74, 6) is -1.67. The number of aliphatic hydroxyl groups excluding tert-OH is 1. The van der Waals surface area contributed by atoms with E-state index in [1.165, 1.54) is 12.1 Å². The van der Waals surface area contributed by atoms with E-state index in [4.69, 9.17) is 10.2 Å². The number of halogens is 1. The first-order valence-corrected chi connectivity index (χ1v) is 5.36. The van der Waals surface area contributed by atoms with Crippen molar-refractivity contribution < 1.29 is 19.4 Å². The fourth-order valence-electron chi connectivity index (χ4n) is 1.39. The van der Waals surface area contributed by atoms with E-state index in [2.05, 4.69) is 5.32 Å². The van der Waals surface area contributed by atoms with Crippen molar-refractivity contribution in [3.05, 3.63) is 29.6 Å². The minimum atomic E-state index is -1.17. The van der Waals surface area contributed by atoms with Gasteiger partial charge in [0.05, 0.1) is 23.9 Å². The van der Waals surface area contributed by atoms with Gasteiger partial charge in [-0.05, 0) is 24.1 Å². The lowest BCUT2D eigenvalue weighted by Gasteiger charge is -2.21. The van der Waals surface area contributed by atoms with Gasteiger partial charge < -0.3 is 15.5 Å². The number of anilines is 1. The van der Waals surface area contributed by atoms with Gasteiger partial charge in [-0.2, -0.15) is 0 Å².